The Morgan fingerprint density at radius 1 is 1.45 bits per heavy atom. The van der Waals surface area contributed by atoms with Crippen molar-refractivity contribution in [2.24, 2.45) is 0 Å². The summed E-state index contributed by atoms with van der Waals surface area (Å²) < 4.78 is 29.2. The topological polar surface area (TPSA) is 92.1 Å². The summed E-state index contributed by atoms with van der Waals surface area (Å²) in [6, 6.07) is 5.41. The fourth-order valence-corrected chi connectivity index (χ4v) is 4.32. The summed E-state index contributed by atoms with van der Waals surface area (Å²) >= 11 is 0. The molecule has 7 heteroatoms. The number of ether oxygens (including phenoxy) is 1. The summed E-state index contributed by atoms with van der Waals surface area (Å²) in [5, 5.41) is 13.2. The first kappa shape index (κ1) is 14.8. The molecular weight excluding hydrogens is 302 g/mol. The number of nitrogens with one attached hydrogen (secondary N) is 1. The second kappa shape index (κ2) is 5.55. The van der Waals surface area contributed by atoms with Crippen molar-refractivity contribution in [3.8, 4) is 6.07 Å². The van der Waals surface area contributed by atoms with E-state index in [0.29, 0.717) is 41.2 Å². The lowest BCUT2D eigenvalue weighted by Gasteiger charge is -2.13. The first-order valence-corrected chi connectivity index (χ1v) is 8.54. The van der Waals surface area contributed by atoms with E-state index >= 15 is 0 Å². The van der Waals surface area contributed by atoms with Gasteiger partial charge in [0.05, 0.1) is 34.0 Å². The maximum atomic E-state index is 12.1. The van der Waals surface area contributed by atoms with E-state index in [2.05, 4.69) is 16.4 Å². The van der Waals surface area contributed by atoms with Gasteiger partial charge in [0.1, 0.15) is 6.07 Å². The van der Waals surface area contributed by atoms with Crippen LogP contribution in [0.25, 0.3) is 10.9 Å². The zero-order valence-corrected chi connectivity index (χ0v) is 12.9. The Morgan fingerprint density at radius 3 is 3.00 bits per heavy atom. The Bertz CT molecular complexity index is 885. The second-order valence-corrected chi connectivity index (χ2v) is 7.16. The largest absolute Gasteiger partial charge is 0.383 e. The minimum Gasteiger partial charge on any atom is -0.383 e. The molecule has 0 fully saturated rings. The van der Waals surface area contributed by atoms with Gasteiger partial charge in [0.2, 0.25) is 0 Å². The molecule has 0 atom stereocenters. The highest BCUT2D eigenvalue weighted by Gasteiger charge is 2.29. The lowest BCUT2D eigenvalue weighted by Crippen LogP contribution is -2.10. The Balaban J connectivity index is 2.26. The van der Waals surface area contributed by atoms with Gasteiger partial charge in [-0.05, 0) is 24.1 Å². The number of benzene rings is 1. The second-order valence-electron chi connectivity index (χ2n) is 5.08. The Kier molecular flexibility index (Phi) is 3.72. The van der Waals surface area contributed by atoms with Crippen LogP contribution in [0.4, 0.5) is 5.69 Å². The maximum Gasteiger partial charge on any atom is 0.179 e. The van der Waals surface area contributed by atoms with Gasteiger partial charge in [0, 0.05) is 25.2 Å². The van der Waals surface area contributed by atoms with Crippen molar-refractivity contribution >= 4 is 26.4 Å². The van der Waals surface area contributed by atoms with Gasteiger partial charge in [0.25, 0.3) is 0 Å². The number of anilines is 1. The summed E-state index contributed by atoms with van der Waals surface area (Å²) in [6.07, 6.45) is 1.96. The number of aryl methyl sites for hydroxylation is 1. The van der Waals surface area contributed by atoms with Gasteiger partial charge in [0.15, 0.2) is 9.84 Å². The fourth-order valence-electron chi connectivity index (χ4n) is 2.77. The van der Waals surface area contributed by atoms with Gasteiger partial charge in [-0.25, -0.2) is 8.42 Å². The summed E-state index contributed by atoms with van der Waals surface area (Å²) in [6.45, 7) is 1.02. The summed E-state index contributed by atoms with van der Waals surface area (Å²) in [5.74, 6) is 0.107. The van der Waals surface area contributed by atoms with Crippen molar-refractivity contribution < 1.29 is 13.2 Å². The molecule has 0 saturated heterocycles. The molecule has 114 valence electrons. The summed E-state index contributed by atoms with van der Waals surface area (Å²) in [5.41, 5.74) is 2.48. The fraction of sp³-hybridized carbons (Fsp3) is 0.333. The number of nitriles is 1. The van der Waals surface area contributed by atoms with Crippen LogP contribution < -0.4 is 5.32 Å². The lowest BCUT2D eigenvalue weighted by molar-refractivity contribution is 0.211. The number of nitrogens with zero attached hydrogens (tertiary/aromatic N) is 2. The highest BCUT2D eigenvalue weighted by atomic mass is 32.2. The molecule has 6 nitrogen and oxygen atoms in total. The standard InChI is InChI=1S/C15H15N3O3S/c1-21-6-5-17-15-10(8-16)9-18-12-2-3-13-11(14(12)15)4-7-22(13,19)20/h2-3,9H,4-7H2,1H3,(H,17,18). The molecular formula is C15H15N3O3S. The third-order valence-electron chi connectivity index (χ3n) is 3.78. The van der Waals surface area contributed by atoms with E-state index in [9.17, 15) is 13.7 Å². The summed E-state index contributed by atoms with van der Waals surface area (Å²) in [4.78, 5) is 4.63. The number of rotatable bonds is 4. The number of methoxy groups -OCH3 is 1. The molecule has 1 aliphatic rings. The molecule has 2 heterocycles. The van der Waals surface area contributed by atoms with Gasteiger partial charge < -0.3 is 10.1 Å². The van der Waals surface area contributed by atoms with Crippen LogP contribution in [0.2, 0.25) is 0 Å². The van der Waals surface area contributed by atoms with E-state index in [1.54, 1.807) is 19.2 Å². The van der Waals surface area contributed by atoms with Gasteiger partial charge in [-0.2, -0.15) is 5.26 Å². The van der Waals surface area contributed by atoms with Gasteiger partial charge in [-0.3, -0.25) is 4.98 Å². The predicted molar refractivity (Wildman–Crippen MR) is 82.6 cm³/mol. The quantitative estimate of drug-likeness (QED) is 0.859. The molecule has 0 bridgehead atoms. The zero-order valence-electron chi connectivity index (χ0n) is 12.1. The van der Waals surface area contributed by atoms with Crippen molar-refractivity contribution in [2.75, 3.05) is 31.3 Å². The molecule has 3 rings (SSSR count). The van der Waals surface area contributed by atoms with Crippen LogP contribution in [0.15, 0.2) is 23.2 Å². The molecule has 2 aromatic rings. The lowest BCUT2D eigenvalue weighted by atomic mass is 10.0. The monoisotopic (exact) mass is 317 g/mol. The van der Waals surface area contributed by atoms with E-state index in [-0.39, 0.29) is 5.75 Å². The average molecular weight is 317 g/mol. The molecule has 22 heavy (non-hydrogen) atoms. The minimum absolute atomic E-state index is 0.107. The van der Waals surface area contributed by atoms with E-state index in [4.69, 9.17) is 4.74 Å². The zero-order chi connectivity index (χ0) is 15.7. The van der Waals surface area contributed by atoms with Crippen LogP contribution in [0.1, 0.15) is 11.1 Å². The first-order valence-electron chi connectivity index (χ1n) is 6.88. The number of fused-ring (bicyclic) bond motifs is 3. The van der Waals surface area contributed by atoms with Crippen LogP contribution in [-0.2, 0) is 21.0 Å². The molecule has 0 unspecified atom stereocenters. The van der Waals surface area contributed by atoms with Crippen LogP contribution >= 0.6 is 0 Å². The third-order valence-corrected chi connectivity index (χ3v) is 5.58. The van der Waals surface area contributed by atoms with E-state index < -0.39 is 9.84 Å². The molecule has 1 N–H and O–H groups in total. The van der Waals surface area contributed by atoms with Crippen LogP contribution in [0.5, 0.6) is 0 Å². The number of pyridine rings is 1. The van der Waals surface area contributed by atoms with Gasteiger partial charge >= 0.3 is 0 Å². The molecule has 0 aliphatic carbocycles. The van der Waals surface area contributed by atoms with Crippen LogP contribution in [0, 0.1) is 11.3 Å². The van der Waals surface area contributed by atoms with Crippen molar-refractivity contribution in [3.05, 3.63) is 29.5 Å². The first-order chi connectivity index (χ1) is 10.6. The maximum absolute atomic E-state index is 12.1. The third kappa shape index (κ3) is 2.30. The average Bonchev–Trinajstić information content (AvgIpc) is 2.83. The van der Waals surface area contributed by atoms with Gasteiger partial charge in [-0.1, -0.05) is 0 Å². The van der Waals surface area contributed by atoms with Crippen molar-refractivity contribution in [1.82, 2.24) is 4.98 Å². The van der Waals surface area contributed by atoms with E-state index in [1.165, 1.54) is 6.20 Å². The normalized spacial score (nSPS) is 15.5. The van der Waals surface area contributed by atoms with Gasteiger partial charge in [-0.15, -0.1) is 0 Å². The number of aromatic nitrogens is 1. The smallest absolute Gasteiger partial charge is 0.179 e. The van der Waals surface area contributed by atoms with E-state index in [1.807, 2.05) is 0 Å². The molecule has 0 spiro atoms. The Morgan fingerprint density at radius 2 is 2.27 bits per heavy atom. The molecule has 1 aromatic carbocycles. The molecule has 0 saturated carbocycles. The minimum atomic E-state index is -3.22. The highest BCUT2D eigenvalue weighted by molar-refractivity contribution is 7.91. The van der Waals surface area contributed by atoms with Crippen molar-refractivity contribution in [1.29, 1.82) is 5.26 Å². The summed E-state index contributed by atoms with van der Waals surface area (Å²) in [7, 11) is -1.62. The number of sulfone groups is 1. The molecule has 0 amide bonds. The predicted octanol–water partition coefficient (Wildman–Crippen LogP) is 1.49. The Labute approximate surface area is 128 Å². The van der Waals surface area contributed by atoms with Crippen molar-refractivity contribution in [3.63, 3.8) is 0 Å². The van der Waals surface area contributed by atoms with E-state index in [0.717, 1.165) is 10.9 Å². The Hall–Kier alpha value is -2.17. The molecule has 0 radical (unpaired) electrons. The van der Waals surface area contributed by atoms with Crippen molar-refractivity contribution in [2.45, 2.75) is 11.3 Å². The molecule has 1 aliphatic heterocycles. The highest BCUT2D eigenvalue weighted by Crippen LogP contribution is 2.36. The van der Waals surface area contributed by atoms with Crippen LogP contribution in [-0.4, -0.2) is 39.4 Å². The molecule has 1 aromatic heterocycles. The number of hydrogen-bond acceptors (Lipinski definition) is 6. The number of hydrogen-bond donors (Lipinski definition) is 1. The SMILES string of the molecule is COCCNc1c(C#N)cnc2ccc3c(c12)CCS3(=O)=O. The van der Waals surface area contributed by atoms with Crippen LogP contribution in [0.3, 0.4) is 0 Å².